The number of anilines is 1. The topological polar surface area (TPSA) is 79.4 Å². The first-order valence-corrected chi connectivity index (χ1v) is 13.1. The van der Waals surface area contributed by atoms with Crippen LogP contribution in [0.2, 0.25) is 5.02 Å². The fourth-order valence-corrected chi connectivity index (χ4v) is 5.85. The summed E-state index contributed by atoms with van der Waals surface area (Å²) in [5, 5.41) is 0.214. The van der Waals surface area contributed by atoms with E-state index >= 15 is 0 Å². The van der Waals surface area contributed by atoms with Crippen LogP contribution < -0.4 is 9.64 Å². The number of sulfonamides is 1. The molecule has 2 aliphatic rings. The average molecular weight is 548 g/mol. The lowest BCUT2D eigenvalue weighted by Gasteiger charge is -2.36. The zero-order valence-corrected chi connectivity index (χ0v) is 20.8. The minimum atomic E-state index is -4.43. The van der Waals surface area contributed by atoms with Crippen molar-refractivity contribution in [1.82, 2.24) is 9.21 Å². The Balaban J connectivity index is 1.38. The molecule has 0 saturated carbocycles. The number of morpholine rings is 1. The van der Waals surface area contributed by atoms with Gasteiger partial charge in [-0.2, -0.15) is 17.5 Å². The molecule has 0 N–H and O–H groups in total. The molecule has 2 aromatic carbocycles. The van der Waals surface area contributed by atoms with Crippen LogP contribution >= 0.6 is 11.6 Å². The molecule has 13 heteroatoms. The highest BCUT2D eigenvalue weighted by molar-refractivity contribution is 7.89. The Bertz CT molecular complexity index is 1200. The standard InChI is InChI=1S/C23H25ClF3N3O5S/c24-18-4-5-20(21(15-18)36(32,33)30-10-12-34-13-11-30)35-16-22(31)29-8-6-28(7-9-29)19-3-1-2-17(14-19)23(25,26)27/h1-5,14-15H,6-13,16H2. The number of piperazine rings is 1. The van der Waals surface area contributed by atoms with Crippen molar-refractivity contribution in [3.63, 3.8) is 0 Å². The molecule has 4 rings (SSSR count). The third-order valence-electron chi connectivity index (χ3n) is 6.02. The molecule has 8 nitrogen and oxygen atoms in total. The van der Waals surface area contributed by atoms with Crippen LogP contribution in [0, 0.1) is 0 Å². The van der Waals surface area contributed by atoms with Crippen LogP contribution in [0.5, 0.6) is 5.75 Å². The summed E-state index contributed by atoms with van der Waals surface area (Å²) in [5.74, 6) is -0.342. The van der Waals surface area contributed by atoms with E-state index in [1.807, 2.05) is 0 Å². The molecule has 1 amide bonds. The van der Waals surface area contributed by atoms with Gasteiger partial charge in [-0.1, -0.05) is 17.7 Å². The van der Waals surface area contributed by atoms with Gasteiger partial charge in [0.05, 0.1) is 18.8 Å². The summed E-state index contributed by atoms with van der Waals surface area (Å²) >= 11 is 6.04. The molecule has 2 fully saturated rings. The maximum atomic E-state index is 13.1. The van der Waals surface area contributed by atoms with Gasteiger partial charge in [0.1, 0.15) is 10.6 Å². The number of ether oxygens (including phenoxy) is 2. The summed E-state index contributed by atoms with van der Waals surface area (Å²) < 4.78 is 77.4. The fourth-order valence-electron chi connectivity index (χ4n) is 4.05. The van der Waals surface area contributed by atoms with Crippen molar-refractivity contribution in [3.05, 3.63) is 53.1 Å². The molecule has 2 heterocycles. The van der Waals surface area contributed by atoms with E-state index < -0.39 is 28.4 Å². The molecule has 2 aromatic rings. The molecule has 2 saturated heterocycles. The third kappa shape index (κ3) is 6.05. The maximum Gasteiger partial charge on any atom is 0.416 e. The van der Waals surface area contributed by atoms with Crippen LogP contribution in [-0.4, -0.2) is 82.6 Å². The van der Waals surface area contributed by atoms with Gasteiger partial charge in [-0.05, 0) is 36.4 Å². The predicted molar refractivity (Wildman–Crippen MR) is 127 cm³/mol. The van der Waals surface area contributed by atoms with E-state index in [4.69, 9.17) is 21.1 Å². The van der Waals surface area contributed by atoms with Gasteiger partial charge in [0.2, 0.25) is 10.0 Å². The van der Waals surface area contributed by atoms with Gasteiger partial charge in [-0.3, -0.25) is 4.79 Å². The van der Waals surface area contributed by atoms with Crippen molar-refractivity contribution in [3.8, 4) is 5.75 Å². The third-order valence-corrected chi connectivity index (χ3v) is 8.17. The summed E-state index contributed by atoms with van der Waals surface area (Å²) in [6, 6.07) is 9.26. The second kappa shape index (κ2) is 10.8. The Hall–Kier alpha value is -2.54. The van der Waals surface area contributed by atoms with E-state index in [2.05, 4.69) is 0 Å². The van der Waals surface area contributed by atoms with Crippen molar-refractivity contribution >= 4 is 33.2 Å². The number of hydrogen-bond donors (Lipinski definition) is 0. The van der Waals surface area contributed by atoms with E-state index in [1.165, 1.54) is 33.5 Å². The van der Waals surface area contributed by atoms with Gasteiger partial charge in [0.15, 0.2) is 6.61 Å². The summed E-state index contributed by atoms with van der Waals surface area (Å²) in [7, 11) is -3.91. The van der Waals surface area contributed by atoms with Crippen LogP contribution in [0.4, 0.5) is 18.9 Å². The number of benzene rings is 2. The van der Waals surface area contributed by atoms with Gasteiger partial charge in [0, 0.05) is 50.0 Å². The lowest BCUT2D eigenvalue weighted by Crippen LogP contribution is -2.50. The number of carbonyl (C=O) groups excluding carboxylic acids is 1. The first kappa shape index (κ1) is 26.5. The van der Waals surface area contributed by atoms with E-state index in [1.54, 1.807) is 11.0 Å². The molecule has 0 spiro atoms. The summed E-state index contributed by atoms with van der Waals surface area (Å²) in [6.07, 6.45) is -4.43. The molecule has 0 unspecified atom stereocenters. The molecule has 0 atom stereocenters. The highest BCUT2D eigenvalue weighted by atomic mass is 35.5. The Morgan fingerprint density at radius 3 is 2.36 bits per heavy atom. The number of hydrogen-bond acceptors (Lipinski definition) is 6. The van der Waals surface area contributed by atoms with Gasteiger partial charge in [0.25, 0.3) is 5.91 Å². The van der Waals surface area contributed by atoms with Gasteiger partial charge in [-0.15, -0.1) is 0 Å². The molecule has 0 aliphatic carbocycles. The number of rotatable bonds is 6. The Morgan fingerprint density at radius 1 is 1.00 bits per heavy atom. The molecule has 36 heavy (non-hydrogen) atoms. The van der Waals surface area contributed by atoms with Crippen molar-refractivity contribution in [1.29, 1.82) is 0 Å². The fraction of sp³-hybridized carbons (Fsp3) is 0.435. The van der Waals surface area contributed by atoms with Crippen LogP contribution in [-0.2, 0) is 25.7 Å². The molecule has 196 valence electrons. The van der Waals surface area contributed by atoms with E-state index in [-0.39, 0.29) is 61.0 Å². The number of halogens is 4. The first-order valence-electron chi connectivity index (χ1n) is 11.3. The van der Waals surface area contributed by atoms with Crippen LogP contribution in [0.3, 0.4) is 0 Å². The normalized spacial score (nSPS) is 17.8. The minimum absolute atomic E-state index is 0.0156. The van der Waals surface area contributed by atoms with Gasteiger partial charge in [-0.25, -0.2) is 8.42 Å². The highest BCUT2D eigenvalue weighted by Gasteiger charge is 2.32. The lowest BCUT2D eigenvalue weighted by molar-refractivity contribution is -0.137. The highest BCUT2D eigenvalue weighted by Crippen LogP contribution is 2.32. The maximum absolute atomic E-state index is 13.1. The predicted octanol–water partition coefficient (Wildman–Crippen LogP) is 3.11. The minimum Gasteiger partial charge on any atom is -0.482 e. The summed E-state index contributed by atoms with van der Waals surface area (Å²) in [4.78, 5) is 16.0. The first-order chi connectivity index (χ1) is 17.1. The Morgan fingerprint density at radius 2 is 1.69 bits per heavy atom. The molecule has 0 bridgehead atoms. The average Bonchev–Trinajstić information content (AvgIpc) is 2.88. The number of carbonyl (C=O) groups is 1. The van der Waals surface area contributed by atoms with Crippen LogP contribution in [0.25, 0.3) is 0 Å². The van der Waals surface area contributed by atoms with E-state index in [9.17, 15) is 26.4 Å². The molecule has 0 aromatic heterocycles. The largest absolute Gasteiger partial charge is 0.482 e. The smallest absolute Gasteiger partial charge is 0.416 e. The zero-order chi connectivity index (χ0) is 25.9. The summed E-state index contributed by atoms with van der Waals surface area (Å²) in [6.45, 7) is 1.84. The van der Waals surface area contributed by atoms with Crippen molar-refractivity contribution in [2.75, 3.05) is 64.0 Å². The second-order valence-electron chi connectivity index (χ2n) is 8.31. The molecule has 2 aliphatic heterocycles. The Kier molecular flexibility index (Phi) is 7.98. The summed E-state index contributed by atoms with van der Waals surface area (Å²) in [5.41, 5.74) is -0.287. The quantitative estimate of drug-likeness (QED) is 0.553. The Labute approximate surface area is 212 Å². The molecular formula is C23H25ClF3N3O5S. The van der Waals surface area contributed by atoms with E-state index in [0.717, 1.165) is 12.1 Å². The van der Waals surface area contributed by atoms with Gasteiger partial charge < -0.3 is 19.3 Å². The van der Waals surface area contributed by atoms with Crippen molar-refractivity contribution in [2.24, 2.45) is 0 Å². The monoisotopic (exact) mass is 547 g/mol. The second-order valence-corrected chi connectivity index (χ2v) is 10.7. The molecule has 0 radical (unpaired) electrons. The number of alkyl halides is 3. The van der Waals surface area contributed by atoms with Crippen LogP contribution in [0.1, 0.15) is 5.56 Å². The molecular weight excluding hydrogens is 523 g/mol. The SMILES string of the molecule is O=C(COc1ccc(Cl)cc1S(=O)(=O)N1CCOCC1)N1CCN(c2cccc(C(F)(F)F)c2)CC1. The van der Waals surface area contributed by atoms with Crippen molar-refractivity contribution in [2.45, 2.75) is 11.1 Å². The van der Waals surface area contributed by atoms with Crippen molar-refractivity contribution < 1.29 is 35.9 Å². The van der Waals surface area contributed by atoms with Gasteiger partial charge >= 0.3 is 6.18 Å². The van der Waals surface area contributed by atoms with E-state index in [0.29, 0.717) is 18.8 Å². The zero-order valence-electron chi connectivity index (χ0n) is 19.2. The number of amides is 1. The lowest BCUT2D eigenvalue weighted by atomic mass is 10.1. The van der Waals surface area contributed by atoms with Crippen LogP contribution in [0.15, 0.2) is 47.4 Å². The number of nitrogens with zero attached hydrogens (tertiary/aromatic N) is 3.